The Labute approximate surface area is 110 Å². The Morgan fingerprint density at radius 1 is 1.39 bits per heavy atom. The second kappa shape index (κ2) is 6.19. The molecule has 1 unspecified atom stereocenters. The zero-order chi connectivity index (χ0) is 13.0. The summed E-state index contributed by atoms with van der Waals surface area (Å²) in [5.41, 5.74) is 1.25. The van der Waals surface area contributed by atoms with E-state index in [1.165, 1.54) is 18.4 Å². The van der Waals surface area contributed by atoms with Crippen LogP contribution in [0.5, 0.6) is 5.88 Å². The summed E-state index contributed by atoms with van der Waals surface area (Å²) in [5, 5.41) is 3.50. The highest BCUT2D eigenvalue weighted by Crippen LogP contribution is 2.20. The van der Waals surface area contributed by atoms with E-state index in [0.717, 1.165) is 24.9 Å². The van der Waals surface area contributed by atoms with E-state index >= 15 is 0 Å². The van der Waals surface area contributed by atoms with Crippen molar-refractivity contribution < 1.29 is 4.74 Å². The predicted octanol–water partition coefficient (Wildman–Crippen LogP) is 3.15. The van der Waals surface area contributed by atoms with Gasteiger partial charge < -0.3 is 10.1 Å². The molecule has 0 aliphatic heterocycles. The van der Waals surface area contributed by atoms with Gasteiger partial charge in [0.25, 0.3) is 0 Å². The fourth-order valence-electron chi connectivity index (χ4n) is 2.09. The Bertz CT molecular complexity index is 375. The maximum atomic E-state index is 5.85. The van der Waals surface area contributed by atoms with Crippen LogP contribution in [0.25, 0.3) is 0 Å². The molecule has 0 aromatic carbocycles. The van der Waals surface area contributed by atoms with Crippen molar-refractivity contribution in [3.05, 3.63) is 23.9 Å². The van der Waals surface area contributed by atoms with E-state index in [4.69, 9.17) is 4.74 Å². The number of pyridine rings is 1. The Kier molecular flexibility index (Phi) is 4.59. The van der Waals surface area contributed by atoms with Crippen LogP contribution >= 0.6 is 0 Å². The first kappa shape index (κ1) is 13.3. The first-order valence-corrected chi connectivity index (χ1v) is 6.98. The van der Waals surface area contributed by atoms with E-state index in [0.29, 0.717) is 5.92 Å². The van der Waals surface area contributed by atoms with Crippen LogP contribution < -0.4 is 10.1 Å². The standard InChI is InChI=1S/C15H24N2O/c1-11(2)8-12(3)18-15-9-13(6-7-16-15)10-17-14-4-5-14/h6-7,9,11-12,14,17H,4-5,8,10H2,1-3H3. The van der Waals surface area contributed by atoms with Gasteiger partial charge in [0.1, 0.15) is 0 Å². The van der Waals surface area contributed by atoms with Crippen LogP contribution in [0.1, 0.15) is 45.6 Å². The number of nitrogens with zero attached hydrogens (tertiary/aromatic N) is 1. The van der Waals surface area contributed by atoms with Crippen LogP contribution in [-0.4, -0.2) is 17.1 Å². The first-order valence-electron chi connectivity index (χ1n) is 6.98. The van der Waals surface area contributed by atoms with E-state index in [2.05, 4.69) is 37.1 Å². The summed E-state index contributed by atoms with van der Waals surface area (Å²) in [6.07, 6.45) is 5.76. The molecule has 2 rings (SSSR count). The van der Waals surface area contributed by atoms with Crippen molar-refractivity contribution in [2.45, 2.75) is 58.7 Å². The van der Waals surface area contributed by atoms with Gasteiger partial charge in [-0.05, 0) is 43.7 Å². The van der Waals surface area contributed by atoms with Gasteiger partial charge in [-0.15, -0.1) is 0 Å². The third-order valence-electron chi connectivity index (χ3n) is 3.10. The third kappa shape index (κ3) is 4.65. The van der Waals surface area contributed by atoms with Gasteiger partial charge in [0.05, 0.1) is 6.10 Å². The molecule has 1 aromatic rings. The zero-order valence-corrected chi connectivity index (χ0v) is 11.6. The molecular formula is C15H24N2O. The molecule has 0 bridgehead atoms. The molecule has 1 N–H and O–H groups in total. The maximum Gasteiger partial charge on any atom is 0.213 e. The average Bonchev–Trinajstić information content (AvgIpc) is 3.09. The van der Waals surface area contributed by atoms with Gasteiger partial charge >= 0.3 is 0 Å². The number of nitrogens with one attached hydrogen (secondary N) is 1. The summed E-state index contributed by atoms with van der Waals surface area (Å²) in [4.78, 5) is 4.28. The lowest BCUT2D eigenvalue weighted by molar-refractivity contribution is 0.185. The molecule has 3 nitrogen and oxygen atoms in total. The Balaban J connectivity index is 1.85. The second-order valence-electron chi connectivity index (χ2n) is 5.72. The molecule has 3 heteroatoms. The summed E-state index contributed by atoms with van der Waals surface area (Å²) in [6, 6.07) is 4.84. The van der Waals surface area contributed by atoms with Crippen LogP contribution in [0.15, 0.2) is 18.3 Å². The number of aromatic nitrogens is 1. The normalized spacial score (nSPS) is 16.9. The monoisotopic (exact) mass is 248 g/mol. The van der Waals surface area contributed by atoms with E-state index in [-0.39, 0.29) is 6.10 Å². The number of hydrogen-bond acceptors (Lipinski definition) is 3. The Morgan fingerprint density at radius 2 is 2.17 bits per heavy atom. The van der Waals surface area contributed by atoms with Crippen molar-refractivity contribution in [1.29, 1.82) is 0 Å². The summed E-state index contributed by atoms with van der Waals surface area (Å²) in [6.45, 7) is 7.45. The summed E-state index contributed by atoms with van der Waals surface area (Å²) in [7, 11) is 0. The lowest BCUT2D eigenvalue weighted by Crippen LogP contribution is -2.17. The number of hydrogen-bond donors (Lipinski definition) is 1. The van der Waals surface area contributed by atoms with Crippen molar-refractivity contribution in [2.24, 2.45) is 5.92 Å². The van der Waals surface area contributed by atoms with Crippen molar-refractivity contribution in [1.82, 2.24) is 10.3 Å². The topological polar surface area (TPSA) is 34.1 Å². The predicted molar refractivity (Wildman–Crippen MR) is 73.6 cm³/mol. The van der Waals surface area contributed by atoms with E-state index in [9.17, 15) is 0 Å². The number of rotatable bonds is 7. The van der Waals surface area contributed by atoms with Gasteiger partial charge in [0, 0.05) is 24.8 Å². The molecule has 18 heavy (non-hydrogen) atoms. The van der Waals surface area contributed by atoms with Crippen LogP contribution in [0, 0.1) is 5.92 Å². The Hall–Kier alpha value is -1.09. The molecule has 1 fully saturated rings. The molecule has 0 radical (unpaired) electrons. The van der Waals surface area contributed by atoms with Gasteiger partial charge in [0.2, 0.25) is 5.88 Å². The molecule has 0 saturated heterocycles. The second-order valence-corrected chi connectivity index (χ2v) is 5.72. The number of ether oxygens (including phenoxy) is 1. The summed E-state index contributed by atoms with van der Waals surface area (Å²) in [5.74, 6) is 1.40. The van der Waals surface area contributed by atoms with Crippen LogP contribution in [0.2, 0.25) is 0 Å². The zero-order valence-electron chi connectivity index (χ0n) is 11.6. The van der Waals surface area contributed by atoms with Crippen molar-refractivity contribution >= 4 is 0 Å². The minimum Gasteiger partial charge on any atom is -0.475 e. The maximum absolute atomic E-state index is 5.85. The van der Waals surface area contributed by atoms with Crippen LogP contribution in [-0.2, 0) is 6.54 Å². The quantitative estimate of drug-likeness (QED) is 0.805. The molecule has 1 aliphatic carbocycles. The average molecular weight is 248 g/mol. The molecule has 0 amide bonds. The largest absolute Gasteiger partial charge is 0.475 e. The smallest absolute Gasteiger partial charge is 0.213 e. The molecule has 0 spiro atoms. The van der Waals surface area contributed by atoms with Gasteiger partial charge in [-0.25, -0.2) is 4.98 Å². The molecule has 1 aliphatic rings. The minimum absolute atomic E-state index is 0.226. The SMILES string of the molecule is CC(C)CC(C)Oc1cc(CNC2CC2)ccn1. The van der Waals surface area contributed by atoms with Gasteiger partial charge in [0.15, 0.2) is 0 Å². The van der Waals surface area contributed by atoms with E-state index in [1.807, 2.05) is 12.3 Å². The fraction of sp³-hybridized carbons (Fsp3) is 0.667. The highest BCUT2D eigenvalue weighted by molar-refractivity contribution is 5.20. The minimum atomic E-state index is 0.226. The van der Waals surface area contributed by atoms with Gasteiger partial charge in [-0.1, -0.05) is 13.8 Å². The lowest BCUT2D eigenvalue weighted by atomic mass is 10.1. The van der Waals surface area contributed by atoms with Crippen LogP contribution in [0.4, 0.5) is 0 Å². The van der Waals surface area contributed by atoms with Gasteiger partial charge in [-0.3, -0.25) is 0 Å². The highest BCUT2D eigenvalue weighted by Gasteiger charge is 2.20. The summed E-state index contributed by atoms with van der Waals surface area (Å²) < 4.78 is 5.85. The molecular weight excluding hydrogens is 224 g/mol. The van der Waals surface area contributed by atoms with Crippen LogP contribution in [0.3, 0.4) is 0 Å². The Morgan fingerprint density at radius 3 is 2.83 bits per heavy atom. The molecule has 1 aromatic heterocycles. The molecule has 1 saturated carbocycles. The molecule has 1 atom stereocenters. The van der Waals surface area contributed by atoms with Crippen molar-refractivity contribution in [3.63, 3.8) is 0 Å². The summed E-state index contributed by atoms with van der Waals surface area (Å²) >= 11 is 0. The van der Waals surface area contributed by atoms with Gasteiger partial charge in [-0.2, -0.15) is 0 Å². The third-order valence-corrected chi connectivity index (χ3v) is 3.10. The van der Waals surface area contributed by atoms with E-state index < -0.39 is 0 Å². The molecule has 100 valence electrons. The van der Waals surface area contributed by atoms with Crippen molar-refractivity contribution in [2.75, 3.05) is 0 Å². The first-order chi connectivity index (χ1) is 8.63. The van der Waals surface area contributed by atoms with Crippen molar-refractivity contribution in [3.8, 4) is 5.88 Å². The van der Waals surface area contributed by atoms with E-state index in [1.54, 1.807) is 0 Å². The highest BCUT2D eigenvalue weighted by atomic mass is 16.5. The fourth-order valence-corrected chi connectivity index (χ4v) is 2.09. The molecule has 1 heterocycles. The lowest BCUT2D eigenvalue weighted by Gasteiger charge is -2.16.